The van der Waals surface area contributed by atoms with Crippen LogP contribution in [0, 0.1) is 5.92 Å². The number of rotatable bonds is 2. The fourth-order valence-corrected chi connectivity index (χ4v) is 5.80. The molecule has 0 N–H and O–H groups in total. The predicted molar refractivity (Wildman–Crippen MR) is 96.5 cm³/mol. The first-order valence-corrected chi connectivity index (χ1v) is 9.52. The van der Waals surface area contributed by atoms with Crippen LogP contribution in [0.5, 0.6) is 11.5 Å². The molecule has 2 heterocycles. The number of hydrogen-bond acceptors (Lipinski definition) is 6. The molecule has 6 heteroatoms. The molecule has 4 aliphatic rings. The predicted octanol–water partition coefficient (Wildman–Crippen LogP) is 2.34. The van der Waals surface area contributed by atoms with E-state index in [4.69, 9.17) is 14.2 Å². The summed E-state index contributed by atoms with van der Waals surface area (Å²) in [5.41, 5.74) is 2.19. The summed E-state index contributed by atoms with van der Waals surface area (Å²) in [6.07, 6.45) is 4.41. The number of ether oxygens (including phenoxy) is 3. The van der Waals surface area contributed by atoms with E-state index in [9.17, 15) is 9.59 Å². The van der Waals surface area contributed by atoms with Crippen LogP contribution in [0.3, 0.4) is 0 Å². The Balaban J connectivity index is 1.72. The molecule has 1 spiro atoms. The lowest BCUT2D eigenvalue weighted by molar-refractivity contribution is -0.140. The highest BCUT2D eigenvalue weighted by Gasteiger charge is 2.64. The Morgan fingerprint density at radius 2 is 2.00 bits per heavy atom. The normalized spacial score (nSPS) is 32.9. The molecule has 0 amide bonds. The second kappa shape index (κ2) is 5.58. The first-order chi connectivity index (χ1) is 12.9. The number of likely N-dealkylation sites (tertiary alicyclic amines) is 1. The molecule has 1 aromatic rings. The molecule has 0 aromatic heterocycles. The van der Waals surface area contributed by atoms with Crippen molar-refractivity contribution in [1.29, 1.82) is 0 Å². The van der Waals surface area contributed by atoms with Gasteiger partial charge >= 0.3 is 11.9 Å². The zero-order valence-electron chi connectivity index (χ0n) is 15.8. The molecule has 1 saturated heterocycles. The van der Waals surface area contributed by atoms with Crippen molar-refractivity contribution in [3.63, 3.8) is 0 Å². The van der Waals surface area contributed by atoms with E-state index in [1.807, 2.05) is 12.1 Å². The van der Waals surface area contributed by atoms with Gasteiger partial charge in [-0.05, 0) is 56.5 Å². The molecule has 5 rings (SSSR count). The number of esters is 2. The van der Waals surface area contributed by atoms with Gasteiger partial charge in [-0.1, -0.05) is 6.07 Å². The van der Waals surface area contributed by atoms with Crippen LogP contribution in [-0.4, -0.2) is 42.6 Å². The van der Waals surface area contributed by atoms with Crippen LogP contribution in [0.4, 0.5) is 0 Å². The highest BCUT2D eigenvalue weighted by Crippen LogP contribution is 2.63. The second-order valence-corrected chi connectivity index (χ2v) is 8.10. The van der Waals surface area contributed by atoms with Gasteiger partial charge in [-0.15, -0.1) is 0 Å². The van der Waals surface area contributed by atoms with E-state index < -0.39 is 0 Å². The number of hydrogen-bond donors (Lipinski definition) is 0. The van der Waals surface area contributed by atoms with Crippen molar-refractivity contribution in [3.05, 3.63) is 35.1 Å². The van der Waals surface area contributed by atoms with Gasteiger partial charge in [0.15, 0.2) is 17.6 Å². The van der Waals surface area contributed by atoms with Crippen LogP contribution in [0.1, 0.15) is 37.8 Å². The first kappa shape index (κ1) is 16.8. The van der Waals surface area contributed by atoms with Crippen LogP contribution in [0.2, 0.25) is 0 Å². The monoisotopic (exact) mass is 369 g/mol. The van der Waals surface area contributed by atoms with E-state index >= 15 is 0 Å². The first-order valence-electron chi connectivity index (χ1n) is 9.52. The average Bonchev–Trinajstić information content (AvgIpc) is 2.95. The lowest BCUT2D eigenvalue weighted by Crippen LogP contribution is -2.63. The Labute approximate surface area is 158 Å². The minimum Gasteiger partial charge on any atom is -0.477 e. The summed E-state index contributed by atoms with van der Waals surface area (Å²) in [5, 5.41) is 0. The van der Waals surface area contributed by atoms with E-state index in [1.165, 1.54) is 25.0 Å². The summed E-state index contributed by atoms with van der Waals surface area (Å²) in [5.74, 6) is 1.40. The van der Waals surface area contributed by atoms with Crippen LogP contribution < -0.4 is 9.47 Å². The van der Waals surface area contributed by atoms with Crippen LogP contribution in [0.25, 0.3) is 0 Å². The number of carbonyl (C=O) groups is 2. The Kier molecular flexibility index (Phi) is 3.47. The molecule has 6 nitrogen and oxygen atoms in total. The maximum atomic E-state index is 11.7. The van der Waals surface area contributed by atoms with E-state index in [0.29, 0.717) is 29.2 Å². The maximum absolute atomic E-state index is 11.7. The van der Waals surface area contributed by atoms with Gasteiger partial charge in [0.05, 0.1) is 0 Å². The summed E-state index contributed by atoms with van der Waals surface area (Å²) in [7, 11) is 2.19. The molecular formula is C21H23NO5. The molecular weight excluding hydrogens is 346 g/mol. The summed E-state index contributed by atoms with van der Waals surface area (Å²) in [6.45, 7) is 3.77. The third-order valence-electron chi connectivity index (χ3n) is 6.72. The van der Waals surface area contributed by atoms with Crippen LogP contribution in [0.15, 0.2) is 24.0 Å². The SMILES string of the molecule is CC(=O)OC1=CC[C@H]2[C@H]3Cc4ccc(OC(C)=O)c5c4[C@@]2(CCN3C)[C@H]1O5. The van der Waals surface area contributed by atoms with Gasteiger partial charge in [-0.3, -0.25) is 9.59 Å². The van der Waals surface area contributed by atoms with Crippen LogP contribution >= 0.6 is 0 Å². The van der Waals surface area contributed by atoms with Crippen molar-refractivity contribution in [1.82, 2.24) is 4.90 Å². The lowest BCUT2D eigenvalue weighted by Gasteiger charge is -2.56. The maximum Gasteiger partial charge on any atom is 0.308 e. The largest absolute Gasteiger partial charge is 0.477 e. The quantitative estimate of drug-likeness (QED) is 0.589. The van der Waals surface area contributed by atoms with Crippen molar-refractivity contribution >= 4 is 11.9 Å². The molecule has 2 bridgehead atoms. The molecule has 0 radical (unpaired) electrons. The summed E-state index contributed by atoms with van der Waals surface area (Å²) >= 11 is 0. The molecule has 1 fully saturated rings. The molecule has 4 atom stereocenters. The number of likely N-dealkylation sites (N-methyl/N-ethyl adjacent to an activating group) is 1. The summed E-state index contributed by atoms with van der Waals surface area (Å²) in [4.78, 5) is 25.7. The number of piperidine rings is 1. The molecule has 0 unspecified atom stereocenters. The topological polar surface area (TPSA) is 65.1 Å². The lowest BCUT2D eigenvalue weighted by atomic mass is 9.53. The molecule has 27 heavy (non-hydrogen) atoms. The van der Waals surface area contributed by atoms with Gasteiger partial charge in [0, 0.05) is 30.9 Å². The minimum absolute atomic E-state index is 0.226. The zero-order valence-corrected chi connectivity index (χ0v) is 15.8. The zero-order chi connectivity index (χ0) is 18.9. The molecule has 2 aliphatic heterocycles. The van der Waals surface area contributed by atoms with Crippen molar-refractivity contribution < 1.29 is 23.8 Å². The van der Waals surface area contributed by atoms with Gasteiger partial charge in [0.25, 0.3) is 0 Å². The van der Waals surface area contributed by atoms with Gasteiger partial charge in [-0.25, -0.2) is 0 Å². The van der Waals surface area contributed by atoms with Crippen molar-refractivity contribution in [2.75, 3.05) is 13.6 Å². The number of carbonyl (C=O) groups excluding carboxylic acids is 2. The Bertz CT molecular complexity index is 891. The van der Waals surface area contributed by atoms with Crippen molar-refractivity contribution in [3.8, 4) is 11.5 Å². The second-order valence-electron chi connectivity index (χ2n) is 8.10. The highest BCUT2D eigenvalue weighted by molar-refractivity contribution is 5.73. The van der Waals surface area contributed by atoms with Crippen molar-refractivity contribution in [2.24, 2.45) is 5.92 Å². The van der Waals surface area contributed by atoms with Gasteiger partial charge < -0.3 is 19.1 Å². The van der Waals surface area contributed by atoms with E-state index in [-0.39, 0.29) is 23.5 Å². The molecule has 2 aliphatic carbocycles. The van der Waals surface area contributed by atoms with E-state index in [0.717, 1.165) is 25.8 Å². The van der Waals surface area contributed by atoms with Gasteiger partial charge in [0.1, 0.15) is 5.76 Å². The number of nitrogens with zero attached hydrogens (tertiary/aromatic N) is 1. The molecule has 0 saturated carbocycles. The Morgan fingerprint density at radius 1 is 1.22 bits per heavy atom. The van der Waals surface area contributed by atoms with Crippen LogP contribution in [-0.2, 0) is 26.2 Å². The third-order valence-corrected chi connectivity index (χ3v) is 6.72. The third kappa shape index (κ3) is 2.16. The van der Waals surface area contributed by atoms with Gasteiger partial charge in [0.2, 0.25) is 0 Å². The van der Waals surface area contributed by atoms with Gasteiger partial charge in [-0.2, -0.15) is 0 Å². The molecule has 142 valence electrons. The highest BCUT2D eigenvalue weighted by atomic mass is 16.6. The smallest absolute Gasteiger partial charge is 0.308 e. The Hall–Kier alpha value is -2.34. The fourth-order valence-electron chi connectivity index (χ4n) is 5.80. The number of allylic oxidation sites excluding steroid dienone is 1. The van der Waals surface area contributed by atoms with E-state index in [2.05, 4.69) is 18.0 Å². The molecule has 1 aromatic carbocycles. The number of benzene rings is 1. The summed E-state index contributed by atoms with van der Waals surface area (Å²) < 4.78 is 17.4. The standard InChI is InChI=1S/C21H23NO5/c1-11(23)25-16-6-4-13-10-15-14-5-7-17(26-12(2)24)20-21(14,8-9-22(15)3)18(13)19(16)27-20/h4,6-7,14-15,20H,5,8-10H2,1-3H3/t14-,15+,20-,21-/m0/s1. The summed E-state index contributed by atoms with van der Waals surface area (Å²) in [6, 6.07) is 4.32. The fraction of sp³-hybridized carbons (Fsp3) is 0.524. The van der Waals surface area contributed by atoms with Crippen molar-refractivity contribution in [2.45, 2.75) is 50.7 Å². The minimum atomic E-state index is -0.369. The Morgan fingerprint density at radius 3 is 2.74 bits per heavy atom. The van der Waals surface area contributed by atoms with E-state index in [1.54, 1.807) is 0 Å². The average molecular weight is 369 g/mol.